The Morgan fingerprint density at radius 1 is 1.44 bits per heavy atom. The van der Waals surface area contributed by atoms with Gasteiger partial charge in [-0.2, -0.15) is 0 Å². The van der Waals surface area contributed by atoms with Crippen molar-refractivity contribution in [3.63, 3.8) is 0 Å². The van der Waals surface area contributed by atoms with Crippen molar-refractivity contribution in [1.82, 2.24) is 10.0 Å². The van der Waals surface area contributed by atoms with E-state index in [-0.39, 0.29) is 10.9 Å². The molecule has 1 fully saturated rings. The fraction of sp³-hybridized carbons (Fsp3) is 0.667. The van der Waals surface area contributed by atoms with Crippen LogP contribution in [0.3, 0.4) is 0 Å². The Labute approximate surface area is 108 Å². The summed E-state index contributed by atoms with van der Waals surface area (Å²) < 4.78 is 32.3. The van der Waals surface area contributed by atoms with Gasteiger partial charge in [0.15, 0.2) is 0 Å². The molecule has 1 heterocycles. The van der Waals surface area contributed by atoms with Crippen molar-refractivity contribution in [3.05, 3.63) is 17.6 Å². The highest BCUT2D eigenvalue weighted by Crippen LogP contribution is 2.25. The standard InChI is InChI=1S/C12H20N2O3S/c1-8(2)13-7-11-6-12(9(3)17-11)18(15,16)14-10-4-5-10/h6,8,10,13-14H,4-5,7H2,1-3H3. The molecule has 0 spiro atoms. The first-order valence-corrected chi connectivity index (χ1v) is 7.72. The van der Waals surface area contributed by atoms with Crippen molar-refractivity contribution in [2.24, 2.45) is 0 Å². The van der Waals surface area contributed by atoms with Crippen LogP contribution in [-0.2, 0) is 16.6 Å². The van der Waals surface area contributed by atoms with Gasteiger partial charge in [0.05, 0.1) is 6.54 Å². The molecule has 0 saturated heterocycles. The molecule has 5 nitrogen and oxygen atoms in total. The topological polar surface area (TPSA) is 71.3 Å². The molecule has 1 aliphatic rings. The van der Waals surface area contributed by atoms with Crippen molar-refractivity contribution >= 4 is 10.0 Å². The van der Waals surface area contributed by atoms with Gasteiger partial charge in [0.25, 0.3) is 0 Å². The van der Waals surface area contributed by atoms with Crippen molar-refractivity contribution < 1.29 is 12.8 Å². The van der Waals surface area contributed by atoms with E-state index in [1.807, 2.05) is 13.8 Å². The predicted molar refractivity (Wildman–Crippen MR) is 68.8 cm³/mol. The SMILES string of the molecule is Cc1oc(CNC(C)C)cc1S(=O)(=O)NC1CC1. The van der Waals surface area contributed by atoms with Crippen molar-refractivity contribution in [2.75, 3.05) is 0 Å². The highest BCUT2D eigenvalue weighted by atomic mass is 32.2. The van der Waals surface area contributed by atoms with E-state index >= 15 is 0 Å². The molecule has 1 saturated carbocycles. The lowest BCUT2D eigenvalue weighted by atomic mass is 10.3. The second-order valence-corrected chi connectivity index (χ2v) is 6.75. The first kappa shape index (κ1) is 13.6. The third-order valence-electron chi connectivity index (χ3n) is 2.80. The summed E-state index contributed by atoms with van der Waals surface area (Å²) in [6, 6.07) is 2.05. The molecule has 0 aliphatic heterocycles. The van der Waals surface area contributed by atoms with E-state index in [1.54, 1.807) is 13.0 Å². The van der Waals surface area contributed by atoms with Gasteiger partial charge >= 0.3 is 0 Å². The zero-order valence-electron chi connectivity index (χ0n) is 11.0. The number of hydrogen-bond donors (Lipinski definition) is 2. The maximum absolute atomic E-state index is 12.1. The van der Waals surface area contributed by atoms with Crippen LogP contribution in [0.1, 0.15) is 38.2 Å². The molecule has 2 N–H and O–H groups in total. The maximum Gasteiger partial charge on any atom is 0.244 e. The Hall–Kier alpha value is -0.850. The number of hydrogen-bond acceptors (Lipinski definition) is 4. The fourth-order valence-corrected chi connectivity index (χ4v) is 3.18. The van der Waals surface area contributed by atoms with E-state index in [0.29, 0.717) is 24.1 Å². The Morgan fingerprint density at radius 2 is 2.11 bits per heavy atom. The van der Waals surface area contributed by atoms with E-state index in [0.717, 1.165) is 12.8 Å². The second-order valence-electron chi connectivity index (χ2n) is 5.06. The maximum atomic E-state index is 12.1. The molecule has 102 valence electrons. The normalized spacial score (nSPS) is 16.4. The Balaban J connectivity index is 2.12. The quantitative estimate of drug-likeness (QED) is 0.824. The van der Waals surface area contributed by atoms with Crippen molar-refractivity contribution in [1.29, 1.82) is 0 Å². The molecule has 0 aromatic carbocycles. The molecular formula is C12H20N2O3S. The summed E-state index contributed by atoms with van der Waals surface area (Å²) in [6.07, 6.45) is 1.86. The molecule has 0 radical (unpaired) electrons. The van der Waals surface area contributed by atoms with E-state index in [9.17, 15) is 8.42 Å². The van der Waals surface area contributed by atoms with Crippen LogP contribution in [0.5, 0.6) is 0 Å². The average Bonchev–Trinajstić information content (AvgIpc) is 2.95. The Kier molecular flexibility index (Phi) is 3.79. The van der Waals surface area contributed by atoms with Crippen LogP contribution in [0, 0.1) is 6.92 Å². The smallest absolute Gasteiger partial charge is 0.244 e. The van der Waals surface area contributed by atoms with Gasteiger partial charge in [0.1, 0.15) is 16.4 Å². The van der Waals surface area contributed by atoms with Crippen molar-refractivity contribution in [2.45, 2.75) is 57.1 Å². The van der Waals surface area contributed by atoms with Crippen LogP contribution in [0.2, 0.25) is 0 Å². The molecule has 0 atom stereocenters. The van der Waals surface area contributed by atoms with E-state index < -0.39 is 10.0 Å². The fourth-order valence-electron chi connectivity index (χ4n) is 1.67. The molecule has 0 amide bonds. The molecule has 1 aromatic heterocycles. The van der Waals surface area contributed by atoms with Gasteiger partial charge in [-0.25, -0.2) is 13.1 Å². The molecule has 18 heavy (non-hydrogen) atoms. The molecule has 1 aliphatic carbocycles. The molecule has 2 rings (SSSR count). The summed E-state index contributed by atoms with van der Waals surface area (Å²) in [5.74, 6) is 1.10. The summed E-state index contributed by atoms with van der Waals surface area (Å²) in [5.41, 5.74) is 0. The van der Waals surface area contributed by atoms with Crippen LogP contribution in [0.25, 0.3) is 0 Å². The van der Waals surface area contributed by atoms with Gasteiger partial charge in [-0.15, -0.1) is 0 Å². The zero-order valence-corrected chi connectivity index (χ0v) is 11.8. The molecule has 0 unspecified atom stereocenters. The summed E-state index contributed by atoms with van der Waals surface area (Å²) in [7, 11) is -3.42. The highest BCUT2D eigenvalue weighted by molar-refractivity contribution is 7.89. The summed E-state index contributed by atoms with van der Waals surface area (Å²) in [6.45, 7) is 6.28. The number of aryl methyl sites for hydroxylation is 1. The summed E-state index contributed by atoms with van der Waals surface area (Å²) in [5, 5.41) is 3.20. The first-order valence-electron chi connectivity index (χ1n) is 6.23. The van der Waals surface area contributed by atoms with Crippen molar-refractivity contribution in [3.8, 4) is 0 Å². The lowest BCUT2D eigenvalue weighted by Crippen LogP contribution is -2.25. The highest BCUT2D eigenvalue weighted by Gasteiger charge is 2.30. The van der Waals surface area contributed by atoms with E-state index in [4.69, 9.17) is 4.42 Å². The third kappa shape index (κ3) is 3.34. The van der Waals surface area contributed by atoms with E-state index in [2.05, 4.69) is 10.0 Å². The lowest BCUT2D eigenvalue weighted by Gasteiger charge is -2.04. The van der Waals surface area contributed by atoms with Crippen LogP contribution in [0.15, 0.2) is 15.4 Å². The van der Waals surface area contributed by atoms with Gasteiger partial charge in [-0.05, 0) is 19.8 Å². The van der Waals surface area contributed by atoms with Crippen LogP contribution >= 0.6 is 0 Å². The predicted octanol–water partition coefficient (Wildman–Crippen LogP) is 1.53. The van der Waals surface area contributed by atoms with Crippen LogP contribution in [0.4, 0.5) is 0 Å². The molecule has 1 aromatic rings. The average molecular weight is 272 g/mol. The van der Waals surface area contributed by atoms with Gasteiger partial charge in [-0.3, -0.25) is 0 Å². The Bertz CT molecular complexity index is 515. The Morgan fingerprint density at radius 3 is 2.67 bits per heavy atom. The minimum Gasteiger partial charge on any atom is -0.464 e. The van der Waals surface area contributed by atoms with E-state index in [1.165, 1.54) is 0 Å². The minimum absolute atomic E-state index is 0.113. The van der Waals surface area contributed by atoms with Gasteiger partial charge < -0.3 is 9.73 Å². The number of rotatable bonds is 6. The summed E-state index contributed by atoms with van der Waals surface area (Å²) >= 11 is 0. The van der Waals surface area contributed by atoms with Gasteiger partial charge in [-0.1, -0.05) is 13.8 Å². The zero-order chi connectivity index (χ0) is 13.3. The molecule has 6 heteroatoms. The summed E-state index contributed by atoms with van der Waals surface area (Å²) in [4.78, 5) is 0.259. The van der Waals surface area contributed by atoms with Crippen LogP contribution in [-0.4, -0.2) is 20.5 Å². The van der Waals surface area contributed by atoms with Crippen LogP contribution < -0.4 is 10.0 Å². The molecule has 0 bridgehead atoms. The van der Waals surface area contributed by atoms with Gasteiger partial charge in [0.2, 0.25) is 10.0 Å². The number of furan rings is 1. The number of nitrogens with one attached hydrogen (secondary N) is 2. The largest absolute Gasteiger partial charge is 0.464 e. The lowest BCUT2D eigenvalue weighted by molar-refractivity contribution is 0.444. The monoisotopic (exact) mass is 272 g/mol. The first-order chi connectivity index (χ1) is 8.38. The number of sulfonamides is 1. The second kappa shape index (κ2) is 5.03. The minimum atomic E-state index is -3.42. The third-order valence-corrected chi connectivity index (χ3v) is 4.42. The van der Waals surface area contributed by atoms with Gasteiger partial charge in [0, 0.05) is 18.2 Å². The molecular weight excluding hydrogens is 252 g/mol.